The molecule has 7 heteroatoms. The summed E-state index contributed by atoms with van der Waals surface area (Å²) in [7, 11) is 0. The molecule has 1 aliphatic rings. The normalized spacial score (nSPS) is 16.0. The number of hydrogen-bond donors (Lipinski definition) is 4. The Morgan fingerprint density at radius 2 is 1.59 bits per heavy atom. The lowest BCUT2D eigenvalue weighted by Crippen LogP contribution is -2.36. The van der Waals surface area contributed by atoms with E-state index >= 15 is 0 Å². The van der Waals surface area contributed by atoms with Crippen LogP contribution >= 0.6 is 12.4 Å². The van der Waals surface area contributed by atoms with Gasteiger partial charge in [0.1, 0.15) is 0 Å². The highest BCUT2D eigenvalue weighted by Gasteiger charge is 2.24. The average molecular weight is 417 g/mol. The summed E-state index contributed by atoms with van der Waals surface area (Å²) in [5.41, 5.74) is 8.88. The smallest absolute Gasteiger partial charge is 0.319 e. The number of amides is 3. The molecule has 0 aromatic heterocycles. The van der Waals surface area contributed by atoms with Crippen LogP contribution in [0.1, 0.15) is 49.9 Å². The van der Waals surface area contributed by atoms with Gasteiger partial charge in [0, 0.05) is 17.8 Å². The van der Waals surface area contributed by atoms with Gasteiger partial charge in [-0.3, -0.25) is 4.79 Å². The second-order valence-electron chi connectivity index (χ2n) is 7.45. The molecule has 3 atom stereocenters. The van der Waals surface area contributed by atoms with E-state index in [2.05, 4.69) is 16.0 Å². The van der Waals surface area contributed by atoms with E-state index in [4.69, 9.17) is 5.73 Å². The van der Waals surface area contributed by atoms with E-state index in [0.29, 0.717) is 6.04 Å². The number of hydrogen-bond acceptors (Lipinski definition) is 3. The van der Waals surface area contributed by atoms with E-state index in [1.807, 2.05) is 68.4 Å². The summed E-state index contributed by atoms with van der Waals surface area (Å²) < 4.78 is 0. The first-order chi connectivity index (χ1) is 13.4. The lowest BCUT2D eigenvalue weighted by Gasteiger charge is -2.22. The Hall–Kier alpha value is -2.57. The van der Waals surface area contributed by atoms with Crippen LogP contribution in [0.3, 0.4) is 0 Å². The number of carbonyl (C=O) groups excluding carboxylic acids is 2. The number of halogens is 1. The molecule has 156 valence electrons. The number of nitrogens with two attached hydrogens (primary N) is 1. The zero-order valence-corrected chi connectivity index (χ0v) is 17.5. The third-order valence-corrected chi connectivity index (χ3v) is 5.08. The van der Waals surface area contributed by atoms with E-state index in [1.54, 1.807) is 0 Å². The summed E-state index contributed by atoms with van der Waals surface area (Å²) in [4.78, 5) is 24.4. The largest absolute Gasteiger partial charge is 0.349 e. The predicted molar refractivity (Wildman–Crippen MR) is 118 cm³/mol. The van der Waals surface area contributed by atoms with Crippen molar-refractivity contribution in [3.8, 4) is 0 Å². The highest BCUT2D eigenvalue weighted by Crippen LogP contribution is 2.22. The van der Waals surface area contributed by atoms with Gasteiger partial charge < -0.3 is 21.7 Å². The van der Waals surface area contributed by atoms with Gasteiger partial charge in [0.05, 0.1) is 12.0 Å². The van der Waals surface area contributed by atoms with Crippen LogP contribution in [0.25, 0.3) is 0 Å². The van der Waals surface area contributed by atoms with Crippen molar-refractivity contribution < 1.29 is 9.59 Å². The van der Waals surface area contributed by atoms with E-state index in [1.165, 1.54) is 0 Å². The Balaban J connectivity index is 0.00000300. The van der Waals surface area contributed by atoms with Gasteiger partial charge in [0.2, 0.25) is 5.91 Å². The van der Waals surface area contributed by atoms with Crippen molar-refractivity contribution in [2.75, 3.05) is 5.32 Å². The lowest BCUT2D eigenvalue weighted by molar-refractivity contribution is -0.125. The summed E-state index contributed by atoms with van der Waals surface area (Å²) in [6, 6.07) is 16.7. The molecule has 0 aliphatic heterocycles. The zero-order chi connectivity index (χ0) is 20.1. The topological polar surface area (TPSA) is 96.2 Å². The van der Waals surface area contributed by atoms with Crippen molar-refractivity contribution in [1.29, 1.82) is 0 Å². The molecule has 2 aromatic carbocycles. The van der Waals surface area contributed by atoms with Crippen molar-refractivity contribution in [2.24, 2.45) is 11.7 Å². The minimum Gasteiger partial charge on any atom is -0.349 e. The molecule has 2 aromatic rings. The van der Waals surface area contributed by atoms with Crippen LogP contribution in [0, 0.1) is 5.92 Å². The fourth-order valence-electron chi connectivity index (χ4n) is 2.99. The quantitative estimate of drug-likeness (QED) is 0.551. The first-order valence-corrected chi connectivity index (χ1v) is 9.72. The summed E-state index contributed by atoms with van der Waals surface area (Å²) in [6.45, 7) is 3.77. The molecule has 3 amide bonds. The average Bonchev–Trinajstić information content (AvgIpc) is 3.51. The van der Waals surface area contributed by atoms with E-state index in [9.17, 15) is 9.59 Å². The molecule has 6 nitrogen and oxygen atoms in total. The van der Waals surface area contributed by atoms with E-state index < -0.39 is 0 Å². The maximum Gasteiger partial charge on any atom is 0.319 e. The molecular formula is C22H29ClN4O2. The maximum atomic E-state index is 12.6. The molecular weight excluding hydrogens is 388 g/mol. The number of benzene rings is 2. The van der Waals surface area contributed by atoms with Gasteiger partial charge in [-0.25, -0.2) is 4.79 Å². The van der Waals surface area contributed by atoms with Gasteiger partial charge in [-0.1, -0.05) is 49.4 Å². The second-order valence-corrected chi connectivity index (χ2v) is 7.45. The second kappa shape index (κ2) is 10.3. The summed E-state index contributed by atoms with van der Waals surface area (Å²) in [5.74, 6) is -0.438. The van der Waals surface area contributed by atoms with E-state index in [0.717, 1.165) is 29.7 Å². The minimum atomic E-state index is -0.357. The summed E-state index contributed by atoms with van der Waals surface area (Å²) in [6.07, 6.45) is 2.10. The molecule has 0 saturated heterocycles. The monoisotopic (exact) mass is 416 g/mol. The van der Waals surface area contributed by atoms with Crippen LogP contribution in [-0.4, -0.2) is 18.0 Å². The van der Waals surface area contributed by atoms with Crippen molar-refractivity contribution in [3.63, 3.8) is 0 Å². The first-order valence-electron chi connectivity index (χ1n) is 9.72. The lowest BCUT2D eigenvalue weighted by atomic mass is 9.94. The SMILES string of the molecule is CC(NC(=O)C(C)C(N)c1ccccc1)c1ccc(NC(=O)NC2CC2)cc1.Cl. The molecule has 5 N–H and O–H groups in total. The Kier molecular flexibility index (Phi) is 8.05. The first kappa shape index (κ1) is 22.7. The van der Waals surface area contributed by atoms with Crippen LogP contribution in [0.5, 0.6) is 0 Å². The maximum absolute atomic E-state index is 12.6. The van der Waals surface area contributed by atoms with Crippen molar-refractivity contribution >= 4 is 30.0 Å². The van der Waals surface area contributed by atoms with Crippen LogP contribution in [0.15, 0.2) is 54.6 Å². The van der Waals surface area contributed by atoms with Crippen LogP contribution in [-0.2, 0) is 4.79 Å². The summed E-state index contributed by atoms with van der Waals surface area (Å²) in [5, 5.41) is 8.72. The van der Waals surface area contributed by atoms with Gasteiger partial charge in [-0.2, -0.15) is 0 Å². The molecule has 0 spiro atoms. The van der Waals surface area contributed by atoms with Crippen molar-refractivity contribution in [3.05, 3.63) is 65.7 Å². The molecule has 1 fully saturated rings. The fraction of sp³-hybridized carbons (Fsp3) is 0.364. The molecule has 0 heterocycles. The Morgan fingerprint density at radius 1 is 0.966 bits per heavy atom. The highest BCUT2D eigenvalue weighted by molar-refractivity contribution is 5.89. The molecule has 0 radical (unpaired) electrons. The third-order valence-electron chi connectivity index (χ3n) is 5.08. The van der Waals surface area contributed by atoms with Gasteiger partial charge in [-0.15, -0.1) is 12.4 Å². The van der Waals surface area contributed by atoms with Gasteiger partial charge in [0.25, 0.3) is 0 Å². The number of nitrogens with one attached hydrogen (secondary N) is 3. The Morgan fingerprint density at radius 3 is 2.17 bits per heavy atom. The van der Waals surface area contributed by atoms with Gasteiger partial charge in [0.15, 0.2) is 0 Å². The van der Waals surface area contributed by atoms with Crippen LogP contribution in [0.2, 0.25) is 0 Å². The zero-order valence-electron chi connectivity index (χ0n) is 16.7. The predicted octanol–water partition coefficient (Wildman–Crippen LogP) is 3.91. The molecule has 29 heavy (non-hydrogen) atoms. The molecule has 1 aliphatic carbocycles. The van der Waals surface area contributed by atoms with E-state index in [-0.39, 0.29) is 42.3 Å². The molecule has 3 rings (SSSR count). The molecule has 0 bridgehead atoms. The highest BCUT2D eigenvalue weighted by atomic mass is 35.5. The molecule has 3 unspecified atom stereocenters. The van der Waals surface area contributed by atoms with Crippen LogP contribution < -0.4 is 21.7 Å². The van der Waals surface area contributed by atoms with Gasteiger partial charge in [-0.05, 0) is 43.0 Å². The van der Waals surface area contributed by atoms with Gasteiger partial charge >= 0.3 is 6.03 Å². The number of rotatable bonds is 7. The standard InChI is InChI=1S/C22H28N4O2.ClH/c1-14(20(23)17-6-4-3-5-7-17)21(27)24-15(2)16-8-10-18(11-9-16)25-22(28)26-19-12-13-19;/h3-11,14-15,19-20H,12-13,23H2,1-2H3,(H,24,27)(H2,25,26,28);1H. The summed E-state index contributed by atoms with van der Waals surface area (Å²) >= 11 is 0. The fourth-order valence-corrected chi connectivity index (χ4v) is 2.99. The Labute approximate surface area is 178 Å². The number of urea groups is 1. The van der Waals surface area contributed by atoms with Crippen molar-refractivity contribution in [2.45, 2.75) is 44.8 Å². The molecule has 1 saturated carbocycles. The van der Waals surface area contributed by atoms with Crippen LogP contribution in [0.4, 0.5) is 10.5 Å². The Bertz CT molecular complexity index is 809. The van der Waals surface area contributed by atoms with Crippen molar-refractivity contribution in [1.82, 2.24) is 10.6 Å². The third kappa shape index (κ3) is 6.48. The number of anilines is 1. The minimum absolute atomic E-state index is 0. The number of carbonyl (C=O) groups is 2.